The Labute approximate surface area is 214 Å². The molecule has 0 aliphatic rings. The first kappa shape index (κ1) is 27.8. The lowest BCUT2D eigenvalue weighted by Gasteiger charge is -2.20. The van der Waals surface area contributed by atoms with Gasteiger partial charge in [0.1, 0.15) is 12.2 Å². The summed E-state index contributed by atoms with van der Waals surface area (Å²) in [6, 6.07) is 7.54. The van der Waals surface area contributed by atoms with Crippen LogP contribution in [0.25, 0.3) is 11.2 Å². The molecular weight excluding hydrogens is 494 g/mol. The predicted octanol–water partition coefficient (Wildman–Crippen LogP) is 4.73. The van der Waals surface area contributed by atoms with Gasteiger partial charge in [-0.2, -0.15) is 0 Å². The van der Waals surface area contributed by atoms with Crippen molar-refractivity contribution >= 4 is 46.5 Å². The quantitative estimate of drug-likeness (QED) is 0.303. The normalized spacial score (nSPS) is 12.7. The van der Waals surface area contributed by atoms with Crippen LogP contribution in [0.2, 0.25) is 25.7 Å². The van der Waals surface area contributed by atoms with Gasteiger partial charge in [0.25, 0.3) is 5.91 Å². The lowest BCUT2D eigenvalue weighted by molar-refractivity contribution is 0.0886. The molecule has 9 nitrogen and oxygen atoms in total. The average Bonchev–Trinajstić information content (AvgIpc) is 3.07. The average molecular weight is 532 g/mol. The first-order valence-electron chi connectivity index (χ1n) is 11.9. The number of anilines is 2. The molecule has 3 aromatic rings. The van der Waals surface area contributed by atoms with Crippen molar-refractivity contribution in [1.82, 2.24) is 19.9 Å². The van der Waals surface area contributed by atoms with Gasteiger partial charge in [0.2, 0.25) is 0 Å². The minimum absolute atomic E-state index is 0.200. The maximum atomic E-state index is 13.1. The Kier molecular flexibility index (Phi) is 7.97. The molecule has 0 unspecified atom stereocenters. The molecular formula is C25H37N5O4SSi. The van der Waals surface area contributed by atoms with Crippen LogP contribution in [0.3, 0.4) is 0 Å². The molecule has 3 rings (SSSR count). The summed E-state index contributed by atoms with van der Waals surface area (Å²) in [5, 5.41) is 6.16. The van der Waals surface area contributed by atoms with Crippen molar-refractivity contribution in [2.75, 3.05) is 18.2 Å². The van der Waals surface area contributed by atoms with Gasteiger partial charge < -0.3 is 19.9 Å². The van der Waals surface area contributed by atoms with E-state index in [0.29, 0.717) is 40.5 Å². The molecule has 2 N–H and O–H groups in total. The van der Waals surface area contributed by atoms with Crippen LogP contribution in [0.1, 0.15) is 36.8 Å². The molecule has 196 valence electrons. The monoisotopic (exact) mass is 531 g/mol. The standard InChI is InChI=1S/C25H37N5O4SSi/c1-17-22(27-18-10-9-11-19(14-18)35(5,32)33)28-21-20(24(31)29-25(2,3)4)15-30(23(21)26-17)16-34-12-13-36(6,7)8/h9-11,14-15H,12-13,16H2,1-8H3,(H,27,28)(H,29,31). The highest BCUT2D eigenvalue weighted by Gasteiger charge is 2.23. The molecule has 0 radical (unpaired) electrons. The van der Waals surface area contributed by atoms with Gasteiger partial charge in [-0.05, 0) is 51.9 Å². The van der Waals surface area contributed by atoms with Crippen molar-refractivity contribution in [3.05, 3.63) is 41.7 Å². The third-order valence-corrected chi connectivity index (χ3v) is 8.16. The minimum atomic E-state index is -3.36. The van der Waals surface area contributed by atoms with Crippen LogP contribution in [-0.4, -0.2) is 55.3 Å². The van der Waals surface area contributed by atoms with Crippen LogP contribution in [0.5, 0.6) is 0 Å². The number of nitrogens with one attached hydrogen (secondary N) is 2. The van der Waals surface area contributed by atoms with Gasteiger partial charge in [0.15, 0.2) is 21.3 Å². The largest absolute Gasteiger partial charge is 0.361 e. The number of ether oxygens (including phenoxy) is 1. The van der Waals surface area contributed by atoms with Crippen LogP contribution in [0.4, 0.5) is 11.5 Å². The van der Waals surface area contributed by atoms with E-state index < -0.39 is 23.5 Å². The maximum absolute atomic E-state index is 13.1. The number of aryl methyl sites for hydroxylation is 1. The van der Waals surface area contributed by atoms with Gasteiger partial charge in [0.05, 0.1) is 16.2 Å². The van der Waals surface area contributed by atoms with E-state index in [1.807, 2.05) is 32.3 Å². The molecule has 1 aromatic carbocycles. The highest BCUT2D eigenvalue weighted by Crippen LogP contribution is 2.26. The van der Waals surface area contributed by atoms with Gasteiger partial charge in [0, 0.05) is 38.4 Å². The first-order valence-corrected chi connectivity index (χ1v) is 17.5. The fourth-order valence-corrected chi connectivity index (χ4v) is 4.86. The lowest BCUT2D eigenvalue weighted by atomic mass is 10.1. The predicted molar refractivity (Wildman–Crippen MR) is 146 cm³/mol. The Morgan fingerprint density at radius 3 is 2.47 bits per heavy atom. The highest BCUT2D eigenvalue weighted by atomic mass is 32.2. The molecule has 2 aromatic heterocycles. The number of carbonyl (C=O) groups excluding carboxylic acids is 1. The number of aromatic nitrogens is 3. The van der Waals surface area contributed by atoms with E-state index in [1.54, 1.807) is 30.5 Å². The molecule has 36 heavy (non-hydrogen) atoms. The molecule has 0 saturated carbocycles. The summed E-state index contributed by atoms with van der Waals surface area (Å²) in [6.45, 7) is 15.4. The lowest BCUT2D eigenvalue weighted by Crippen LogP contribution is -2.40. The smallest absolute Gasteiger partial charge is 0.255 e. The van der Waals surface area contributed by atoms with Gasteiger partial charge in [-0.1, -0.05) is 25.7 Å². The van der Waals surface area contributed by atoms with Gasteiger partial charge >= 0.3 is 0 Å². The van der Waals surface area contributed by atoms with E-state index in [4.69, 9.17) is 14.7 Å². The molecule has 11 heteroatoms. The third kappa shape index (κ3) is 7.37. The Bertz CT molecular complexity index is 1370. The molecule has 2 heterocycles. The summed E-state index contributed by atoms with van der Waals surface area (Å²) in [5.74, 6) is 0.187. The van der Waals surface area contributed by atoms with Crippen molar-refractivity contribution in [2.45, 2.75) is 70.5 Å². The number of sulfone groups is 1. The number of benzene rings is 1. The fraction of sp³-hybridized carbons (Fsp3) is 0.480. The van der Waals surface area contributed by atoms with Gasteiger partial charge in [-0.3, -0.25) is 4.79 Å². The van der Waals surface area contributed by atoms with Gasteiger partial charge in [-0.15, -0.1) is 0 Å². The Balaban J connectivity index is 2.00. The Morgan fingerprint density at radius 2 is 1.86 bits per heavy atom. The fourth-order valence-electron chi connectivity index (χ4n) is 3.44. The molecule has 0 bridgehead atoms. The number of fused-ring (bicyclic) bond motifs is 1. The van der Waals surface area contributed by atoms with Crippen LogP contribution >= 0.6 is 0 Å². The van der Waals surface area contributed by atoms with Crippen molar-refractivity contribution < 1.29 is 17.9 Å². The number of carbonyl (C=O) groups is 1. The third-order valence-electron chi connectivity index (χ3n) is 5.35. The summed E-state index contributed by atoms with van der Waals surface area (Å²) in [5.41, 5.74) is 2.13. The zero-order chi connectivity index (χ0) is 26.9. The van der Waals surface area contributed by atoms with E-state index in [2.05, 4.69) is 30.3 Å². The molecule has 0 atom stereocenters. The van der Waals surface area contributed by atoms with E-state index in [9.17, 15) is 13.2 Å². The summed E-state index contributed by atoms with van der Waals surface area (Å²) < 4.78 is 31.7. The molecule has 0 saturated heterocycles. The van der Waals surface area contributed by atoms with E-state index in [1.165, 1.54) is 0 Å². The second kappa shape index (κ2) is 10.3. The van der Waals surface area contributed by atoms with Crippen molar-refractivity contribution in [3.8, 4) is 0 Å². The Hall–Kier alpha value is -2.76. The molecule has 0 spiro atoms. The molecule has 0 aliphatic carbocycles. The van der Waals surface area contributed by atoms with Crippen molar-refractivity contribution in [2.24, 2.45) is 0 Å². The van der Waals surface area contributed by atoms with E-state index in [0.717, 1.165) is 12.3 Å². The van der Waals surface area contributed by atoms with Crippen LogP contribution < -0.4 is 10.6 Å². The summed E-state index contributed by atoms with van der Waals surface area (Å²) in [6.07, 6.45) is 2.89. The van der Waals surface area contributed by atoms with Crippen LogP contribution in [-0.2, 0) is 21.3 Å². The Morgan fingerprint density at radius 1 is 1.17 bits per heavy atom. The van der Waals surface area contributed by atoms with E-state index in [-0.39, 0.29) is 17.5 Å². The van der Waals surface area contributed by atoms with Crippen LogP contribution in [0.15, 0.2) is 35.4 Å². The number of hydrogen-bond acceptors (Lipinski definition) is 7. The summed E-state index contributed by atoms with van der Waals surface area (Å²) in [7, 11) is -4.59. The van der Waals surface area contributed by atoms with Crippen molar-refractivity contribution in [1.29, 1.82) is 0 Å². The topological polar surface area (TPSA) is 115 Å². The molecule has 1 amide bonds. The number of rotatable bonds is 9. The minimum Gasteiger partial charge on any atom is -0.361 e. The summed E-state index contributed by atoms with van der Waals surface area (Å²) >= 11 is 0. The molecule has 0 aliphatic heterocycles. The molecule has 0 fully saturated rings. The second-order valence-corrected chi connectivity index (χ2v) is 19.0. The number of hydrogen-bond donors (Lipinski definition) is 2. The zero-order valence-electron chi connectivity index (χ0n) is 22.4. The number of nitrogens with zero attached hydrogens (tertiary/aromatic N) is 3. The second-order valence-electron chi connectivity index (χ2n) is 11.3. The van der Waals surface area contributed by atoms with Crippen molar-refractivity contribution in [3.63, 3.8) is 0 Å². The number of amides is 1. The highest BCUT2D eigenvalue weighted by molar-refractivity contribution is 7.90. The maximum Gasteiger partial charge on any atom is 0.255 e. The summed E-state index contributed by atoms with van der Waals surface area (Å²) in [4.78, 5) is 22.8. The van der Waals surface area contributed by atoms with E-state index >= 15 is 0 Å². The van der Waals surface area contributed by atoms with Gasteiger partial charge in [-0.25, -0.2) is 18.4 Å². The van der Waals surface area contributed by atoms with Crippen LogP contribution in [0, 0.1) is 6.92 Å². The SMILES string of the molecule is Cc1nc2c(nc1Nc1cccc(S(C)(=O)=O)c1)c(C(=O)NC(C)(C)C)cn2COCC[Si](C)(C)C. The zero-order valence-corrected chi connectivity index (χ0v) is 24.2. The first-order chi connectivity index (χ1) is 16.5.